The van der Waals surface area contributed by atoms with E-state index in [0.29, 0.717) is 11.6 Å². The van der Waals surface area contributed by atoms with Gasteiger partial charge in [0.15, 0.2) is 0 Å². The Morgan fingerprint density at radius 3 is 3.04 bits per heavy atom. The fraction of sp³-hybridized carbons (Fsp3) is 0.562. The zero-order chi connectivity index (χ0) is 15.8. The van der Waals surface area contributed by atoms with Crippen molar-refractivity contribution in [2.24, 2.45) is 5.73 Å². The van der Waals surface area contributed by atoms with Crippen LogP contribution in [0.4, 0.5) is 0 Å². The van der Waals surface area contributed by atoms with E-state index in [9.17, 15) is 4.79 Å². The molecule has 0 aromatic carbocycles. The van der Waals surface area contributed by atoms with Gasteiger partial charge in [0.1, 0.15) is 5.82 Å². The third-order valence-corrected chi connectivity index (χ3v) is 4.96. The van der Waals surface area contributed by atoms with Gasteiger partial charge in [-0.25, -0.2) is 4.98 Å². The van der Waals surface area contributed by atoms with E-state index in [1.807, 2.05) is 10.9 Å². The molecule has 1 saturated heterocycles. The number of hydrogen-bond acceptors (Lipinski definition) is 4. The Balaban J connectivity index is 1.42. The van der Waals surface area contributed by atoms with Crippen molar-refractivity contribution < 1.29 is 4.79 Å². The summed E-state index contributed by atoms with van der Waals surface area (Å²) in [7, 11) is 0. The molecule has 1 fully saturated rings. The number of fused-ring (bicyclic) bond motifs is 1. The van der Waals surface area contributed by atoms with Gasteiger partial charge < -0.3 is 10.3 Å². The molecular weight excluding hydrogens is 292 g/mol. The fourth-order valence-electron chi connectivity index (χ4n) is 3.67. The highest BCUT2D eigenvalue weighted by Gasteiger charge is 2.26. The minimum Gasteiger partial charge on any atom is -0.366 e. The van der Waals surface area contributed by atoms with Crippen LogP contribution in [0.25, 0.3) is 0 Å². The Morgan fingerprint density at radius 2 is 2.22 bits per heavy atom. The minimum absolute atomic E-state index is 0.305. The lowest BCUT2D eigenvalue weighted by molar-refractivity contribution is 0.1000. The molecule has 1 atom stereocenters. The van der Waals surface area contributed by atoms with Gasteiger partial charge in [0, 0.05) is 37.7 Å². The molecule has 23 heavy (non-hydrogen) atoms. The van der Waals surface area contributed by atoms with E-state index in [-0.39, 0.29) is 0 Å². The molecule has 1 amide bonds. The number of nitrogens with zero attached hydrogens (tertiary/aromatic N) is 5. The maximum Gasteiger partial charge on any atom is 0.251 e. The number of likely N-dealkylation sites (tertiary alicyclic amines) is 1. The summed E-state index contributed by atoms with van der Waals surface area (Å²) in [6, 6.07) is 0.305. The molecule has 122 valence electrons. The molecule has 7 nitrogen and oxygen atoms in total. The van der Waals surface area contributed by atoms with Gasteiger partial charge in [0.05, 0.1) is 24.3 Å². The van der Waals surface area contributed by atoms with Crippen LogP contribution in [0.1, 0.15) is 47.2 Å². The van der Waals surface area contributed by atoms with Crippen LogP contribution in [-0.2, 0) is 19.5 Å². The first-order valence-electron chi connectivity index (χ1n) is 8.30. The molecule has 4 heterocycles. The van der Waals surface area contributed by atoms with Crippen LogP contribution in [-0.4, -0.2) is 43.2 Å². The molecule has 2 aliphatic rings. The van der Waals surface area contributed by atoms with Crippen LogP contribution in [0.15, 0.2) is 18.6 Å². The molecule has 0 spiro atoms. The summed E-state index contributed by atoms with van der Waals surface area (Å²) in [6.07, 6.45) is 10.1. The molecule has 0 aliphatic carbocycles. The first-order chi connectivity index (χ1) is 11.2. The SMILES string of the molecule is NC(=O)c1cnn(C2CCN(Cc3ncc4n3CCCC4)C2)c1. The topological polar surface area (TPSA) is 82.0 Å². The molecule has 1 unspecified atom stereocenters. The molecule has 7 heteroatoms. The predicted molar refractivity (Wildman–Crippen MR) is 84.8 cm³/mol. The average molecular weight is 314 g/mol. The molecule has 2 aliphatic heterocycles. The minimum atomic E-state index is -0.421. The summed E-state index contributed by atoms with van der Waals surface area (Å²) in [5, 5.41) is 4.29. The summed E-state index contributed by atoms with van der Waals surface area (Å²) < 4.78 is 4.26. The van der Waals surface area contributed by atoms with E-state index in [0.717, 1.165) is 39.0 Å². The maximum absolute atomic E-state index is 11.2. The number of rotatable bonds is 4. The molecule has 0 bridgehead atoms. The fourth-order valence-corrected chi connectivity index (χ4v) is 3.67. The molecular formula is C16H22N6O. The molecule has 0 saturated carbocycles. The van der Waals surface area contributed by atoms with Gasteiger partial charge in [-0.1, -0.05) is 0 Å². The van der Waals surface area contributed by atoms with Crippen LogP contribution in [0.2, 0.25) is 0 Å². The Morgan fingerprint density at radius 1 is 1.30 bits per heavy atom. The molecule has 2 aromatic rings. The second kappa shape index (κ2) is 5.81. The number of hydrogen-bond donors (Lipinski definition) is 1. The van der Waals surface area contributed by atoms with Crippen molar-refractivity contribution in [3.63, 3.8) is 0 Å². The van der Waals surface area contributed by atoms with Crippen LogP contribution < -0.4 is 5.73 Å². The highest BCUT2D eigenvalue weighted by Crippen LogP contribution is 2.24. The standard InChI is InChI=1S/C16H22N6O/c17-16(23)12-7-19-22(9-12)14-4-6-20(10-14)11-15-18-8-13-3-1-2-5-21(13)15/h7-9,14H,1-6,10-11H2,(H2,17,23). The van der Waals surface area contributed by atoms with Crippen molar-refractivity contribution in [2.75, 3.05) is 13.1 Å². The Bertz CT molecular complexity index is 718. The van der Waals surface area contributed by atoms with E-state index in [2.05, 4.69) is 19.5 Å². The van der Waals surface area contributed by atoms with E-state index in [1.165, 1.54) is 24.4 Å². The maximum atomic E-state index is 11.2. The molecule has 4 rings (SSSR count). The van der Waals surface area contributed by atoms with Gasteiger partial charge in [-0.2, -0.15) is 5.10 Å². The number of imidazole rings is 1. The summed E-state index contributed by atoms with van der Waals surface area (Å²) in [4.78, 5) is 18.2. The van der Waals surface area contributed by atoms with Crippen molar-refractivity contribution in [3.05, 3.63) is 35.7 Å². The predicted octanol–water partition coefficient (Wildman–Crippen LogP) is 0.962. The van der Waals surface area contributed by atoms with Crippen molar-refractivity contribution in [3.8, 4) is 0 Å². The number of carbonyl (C=O) groups excluding carboxylic acids is 1. The summed E-state index contributed by atoms with van der Waals surface area (Å²) in [6.45, 7) is 3.95. The number of primary amides is 1. The van der Waals surface area contributed by atoms with E-state index in [4.69, 9.17) is 5.73 Å². The van der Waals surface area contributed by atoms with Crippen molar-refractivity contribution in [1.82, 2.24) is 24.2 Å². The smallest absolute Gasteiger partial charge is 0.251 e. The number of nitrogens with two attached hydrogens (primary N) is 1. The van der Waals surface area contributed by atoms with E-state index >= 15 is 0 Å². The van der Waals surface area contributed by atoms with Crippen LogP contribution >= 0.6 is 0 Å². The molecule has 0 radical (unpaired) electrons. The molecule has 2 aromatic heterocycles. The Kier molecular flexibility index (Phi) is 3.65. The Hall–Kier alpha value is -2.15. The number of carbonyl (C=O) groups is 1. The van der Waals surface area contributed by atoms with E-state index in [1.54, 1.807) is 12.4 Å². The van der Waals surface area contributed by atoms with Crippen molar-refractivity contribution in [2.45, 2.75) is 44.8 Å². The lowest BCUT2D eigenvalue weighted by atomic mass is 10.1. The van der Waals surface area contributed by atoms with Gasteiger partial charge >= 0.3 is 0 Å². The summed E-state index contributed by atoms with van der Waals surface area (Å²) in [5.74, 6) is 0.758. The highest BCUT2D eigenvalue weighted by molar-refractivity contribution is 5.92. The zero-order valence-corrected chi connectivity index (χ0v) is 13.2. The van der Waals surface area contributed by atoms with Gasteiger partial charge in [0.2, 0.25) is 0 Å². The van der Waals surface area contributed by atoms with Crippen LogP contribution in [0, 0.1) is 0 Å². The third-order valence-electron chi connectivity index (χ3n) is 4.96. The quantitative estimate of drug-likeness (QED) is 0.911. The molecule has 2 N–H and O–H groups in total. The lowest BCUT2D eigenvalue weighted by Crippen LogP contribution is -2.24. The number of aryl methyl sites for hydroxylation is 1. The van der Waals surface area contributed by atoms with Gasteiger partial charge in [0.25, 0.3) is 5.91 Å². The first kappa shape index (κ1) is 14.4. The summed E-state index contributed by atoms with van der Waals surface area (Å²) >= 11 is 0. The van der Waals surface area contributed by atoms with Crippen LogP contribution in [0.3, 0.4) is 0 Å². The number of aromatic nitrogens is 4. The first-order valence-corrected chi connectivity index (χ1v) is 8.30. The average Bonchev–Trinajstić information content (AvgIpc) is 3.26. The monoisotopic (exact) mass is 314 g/mol. The normalized spacial score (nSPS) is 21.5. The number of amides is 1. The zero-order valence-electron chi connectivity index (χ0n) is 13.2. The van der Waals surface area contributed by atoms with Gasteiger partial charge in [-0.05, 0) is 25.7 Å². The van der Waals surface area contributed by atoms with E-state index < -0.39 is 5.91 Å². The van der Waals surface area contributed by atoms with Gasteiger partial charge in [-0.15, -0.1) is 0 Å². The second-order valence-electron chi connectivity index (χ2n) is 6.53. The third kappa shape index (κ3) is 2.76. The van der Waals surface area contributed by atoms with Gasteiger partial charge in [-0.3, -0.25) is 14.4 Å². The second-order valence-corrected chi connectivity index (χ2v) is 6.53. The lowest BCUT2D eigenvalue weighted by Gasteiger charge is -2.20. The van der Waals surface area contributed by atoms with Crippen molar-refractivity contribution in [1.29, 1.82) is 0 Å². The van der Waals surface area contributed by atoms with Crippen molar-refractivity contribution >= 4 is 5.91 Å². The van der Waals surface area contributed by atoms with Crippen LogP contribution in [0.5, 0.6) is 0 Å². The largest absolute Gasteiger partial charge is 0.366 e. The Labute approximate surface area is 135 Å². The summed E-state index contributed by atoms with van der Waals surface area (Å²) in [5.41, 5.74) is 7.15. The highest BCUT2D eigenvalue weighted by atomic mass is 16.1.